The number of halogens is 2. The Morgan fingerprint density at radius 3 is 2.57 bits per heavy atom. The fraction of sp³-hybridized carbons (Fsp3) is 0.125. The highest BCUT2D eigenvalue weighted by atomic mass is 35.5. The van der Waals surface area contributed by atoms with E-state index in [-0.39, 0.29) is 27.9 Å². The van der Waals surface area contributed by atoms with Gasteiger partial charge < -0.3 is 0 Å². The van der Waals surface area contributed by atoms with Crippen LogP contribution >= 0.6 is 23.2 Å². The minimum atomic E-state index is -0.583. The van der Waals surface area contributed by atoms with Crippen LogP contribution in [0.1, 0.15) is 10.4 Å². The smallest absolute Gasteiger partial charge is 0.270 e. The van der Waals surface area contributed by atoms with Crippen LogP contribution in [-0.4, -0.2) is 16.6 Å². The van der Waals surface area contributed by atoms with Crippen LogP contribution in [0.15, 0.2) is 18.2 Å². The minimum absolute atomic E-state index is 0.0462. The number of Topliss-reactive ketones (excluding diaryl/α,β-unsaturated/α-hetero) is 1. The number of hydrogen-bond donors (Lipinski definition) is 0. The van der Waals surface area contributed by atoms with Crippen molar-refractivity contribution in [2.24, 2.45) is 0 Å². The van der Waals surface area contributed by atoms with Gasteiger partial charge in [0.25, 0.3) is 5.69 Å². The molecule has 1 rings (SSSR count). The highest BCUT2D eigenvalue weighted by molar-refractivity contribution is 6.37. The van der Waals surface area contributed by atoms with Crippen LogP contribution in [0.5, 0.6) is 0 Å². The summed E-state index contributed by atoms with van der Waals surface area (Å²) in [7, 11) is 0. The van der Waals surface area contributed by atoms with Crippen molar-refractivity contribution in [2.75, 3.05) is 5.88 Å². The first-order chi connectivity index (χ1) is 6.56. The second-order valence-corrected chi connectivity index (χ2v) is 3.15. The SMILES string of the molecule is O=C(CCl)c1ccc([N+](=O)[O-])cc1Cl. The molecule has 0 aliphatic heterocycles. The van der Waals surface area contributed by atoms with Gasteiger partial charge in [0.1, 0.15) is 0 Å². The van der Waals surface area contributed by atoms with Crippen molar-refractivity contribution >= 4 is 34.7 Å². The van der Waals surface area contributed by atoms with Gasteiger partial charge in [-0.1, -0.05) is 11.6 Å². The molecule has 0 fully saturated rings. The molecule has 0 amide bonds. The Hall–Kier alpha value is -1.13. The van der Waals surface area contributed by atoms with E-state index >= 15 is 0 Å². The Labute approximate surface area is 89.6 Å². The maximum absolute atomic E-state index is 11.1. The van der Waals surface area contributed by atoms with Gasteiger partial charge in [-0.2, -0.15) is 0 Å². The molecule has 0 atom stereocenters. The number of nitro groups is 1. The molecule has 0 saturated heterocycles. The average molecular weight is 234 g/mol. The Morgan fingerprint density at radius 2 is 2.14 bits per heavy atom. The lowest BCUT2D eigenvalue weighted by molar-refractivity contribution is -0.384. The Bertz CT molecular complexity index is 392. The molecular formula is C8H5Cl2NO3. The summed E-state index contributed by atoms with van der Waals surface area (Å²) in [5.74, 6) is -0.552. The third-order valence-electron chi connectivity index (χ3n) is 1.59. The molecule has 0 spiro atoms. The van der Waals surface area contributed by atoms with Gasteiger partial charge in [0.2, 0.25) is 0 Å². The van der Waals surface area contributed by atoms with Gasteiger partial charge in [-0.05, 0) is 6.07 Å². The van der Waals surface area contributed by atoms with Gasteiger partial charge in [-0.15, -0.1) is 11.6 Å². The van der Waals surface area contributed by atoms with Crippen molar-refractivity contribution in [3.05, 3.63) is 38.9 Å². The fourth-order valence-electron chi connectivity index (χ4n) is 0.916. The Kier molecular flexibility index (Phi) is 3.43. The van der Waals surface area contributed by atoms with Crippen molar-refractivity contribution in [3.8, 4) is 0 Å². The van der Waals surface area contributed by atoms with Gasteiger partial charge in [-0.25, -0.2) is 0 Å². The number of hydrogen-bond acceptors (Lipinski definition) is 3. The number of nitrogens with zero attached hydrogens (tertiary/aromatic N) is 1. The van der Waals surface area contributed by atoms with E-state index in [4.69, 9.17) is 23.2 Å². The fourth-order valence-corrected chi connectivity index (χ4v) is 1.34. The number of non-ortho nitro benzene ring substituents is 1. The summed E-state index contributed by atoms with van der Waals surface area (Å²) in [4.78, 5) is 20.9. The van der Waals surface area contributed by atoms with E-state index in [1.54, 1.807) is 0 Å². The van der Waals surface area contributed by atoms with E-state index in [0.29, 0.717) is 0 Å². The molecule has 14 heavy (non-hydrogen) atoms. The highest BCUT2D eigenvalue weighted by Gasteiger charge is 2.13. The van der Waals surface area contributed by atoms with E-state index in [2.05, 4.69) is 0 Å². The number of rotatable bonds is 3. The molecule has 0 saturated carbocycles. The quantitative estimate of drug-likeness (QED) is 0.349. The van der Waals surface area contributed by atoms with Gasteiger partial charge >= 0.3 is 0 Å². The monoisotopic (exact) mass is 233 g/mol. The standard InChI is InChI=1S/C8H5Cl2NO3/c9-4-8(12)6-2-1-5(11(13)14)3-7(6)10/h1-3H,4H2. The first kappa shape index (κ1) is 10.9. The summed E-state index contributed by atoms with van der Waals surface area (Å²) in [6.45, 7) is 0. The summed E-state index contributed by atoms with van der Waals surface area (Å²) in [6, 6.07) is 3.64. The first-order valence-electron chi connectivity index (χ1n) is 3.59. The zero-order valence-electron chi connectivity index (χ0n) is 6.87. The molecule has 0 unspecified atom stereocenters. The molecule has 0 N–H and O–H groups in total. The third kappa shape index (κ3) is 2.21. The third-order valence-corrected chi connectivity index (χ3v) is 2.14. The number of ketones is 1. The second-order valence-electron chi connectivity index (χ2n) is 2.48. The van der Waals surface area contributed by atoms with Crippen molar-refractivity contribution in [2.45, 2.75) is 0 Å². The molecule has 1 aromatic carbocycles. The van der Waals surface area contributed by atoms with Crippen LogP contribution < -0.4 is 0 Å². The van der Waals surface area contributed by atoms with E-state index in [9.17, 15) is 14.9 Å². The van der Waals surface area contributed by atoms with E-state index in [0.717, 1.165) is 6.07 Å². The normalized spacial score (nSPS) is 9.86. The minimum Gasteiger partial charge on any atom is -0.293 e. The number of carbonyl (C=O) groups excluding carboxylic acids is 1. The highest BCUT2D eigenvalue weighted by Crippen LogP contribution is 2.22. The van der Waals surface area contributed by atoms with E-state index in [1.165, 1.54) is 12.1 Å². The molecule has 74 valence electrons. The zero-order valence-corrected chi connectivity index (χ0v) is 8.38. The lowest BCUT2D eigenvalue weighted by atomic mass is 10.1. The molecule has 0 radical (unpaired) electrons. The maximum atomic E-state index is 11.1. The number of benzene rings is 1. The van der Waals surface area contributed by atoms with Gasteiger partial charge in [0, 0.05) is 17.7 Å². The summed E-state index contributed by atoms with van der Waals surface area (Å²) >= 11 is 11.0. The van der Waals surface area contributed by atoms with Crippen molar-refractivity contribution in [1.82, 2.24) is 0 Å². The second kappa shape index (κ2) is 4.39. The number of nitro benzene ring substituents is 1. The lowest BCUT2D eigenvalue weighted by Crippen LogP contribution is -2.01. The van der Waals surface area contributed by atoms with Crippen LogP contribution in [0, 0.1) is 10.1 Å². The number of carbonyl (C=O) groups is 1. The van der Waals surface area contributed by atoms with Gasteiger partial charge in [0.05, 0.1) is 15.8 Å². The molecule has 0 bridgehead atoms. The van der Waals surface area contributed by atoms with Crippen molar-refractivity contribution in [1.29, 1.82) is 0 Å². The van der Waals surface area contributed by atoms with Crippen LogP contribution in [0.4, 0.5) is 5.69 Å². The van der Waals surface area contributed by atoms with Crippen LogP contribution in [0.25, 0.3) is 0 Å². The van der Waals surface area contributed by atoms with E-state index in [1.807, 2.05) is 0 Å². The average Bonchev–Trinajstić information content (AvgIpc) is 2.16. The largest absolute Gasteiger partial charge is 0.293 e. The number of alkyl halides is 1. The predicted molar refractivity (Wildman–Crippen MR) is 53.2 cm³/mol. The van der Waals surface area contributed by atoms with Crippen LogP contribution in [-0.2, 0) is 0 Å². The van der Waals surface area contributed by atoms with Crippen molar-refractivity contribution in [3.63, 3.8) is 0 Å². The van der Waals surface area contributed by atoms with Crippen molar-refractivity contribution < 1.29 is 9.72 Å². The summed E-state index contributed by atoms with van der Waals surface area (Å²) in [6.07, 6.45) is 0. The summed E-state index contributed by atoms with van der Waals surface area (Å²) < 4.78 is 0. The Balaban J connectivity index is 3.14. The lowest BCUT2D eigenvalue weighted by Gasteiger charge is -1.99. The molecule has 1 aromatic rings. The summed E-state index contributed by atoms with van der Waals surface area (Å²) in [5, 5.41) is 10.4. The molecule has 0 heterocycles. The summed E-state index contributed by atoms with van der Waals surface area (Å²) in [5.41, 5.74) is 0.0494. The molecule has 0 aliphatic carbocycles. The molecular weight excluding hydrogens is 229 g/mol. The molecule has 4 nitrogen and oxygen atoms in total. The van der Waals surface area contributed by atoms with Gasteiger partial charge in [-0.3, -0.25) is 14.9 Å². The first-order valence-corrected chi connectivity index (χ1v) is 4.50. The van der Waals surface area contributed by atoms with E-state index < -0.39 is 4.92 Å². The van der Waals surface area contributed by atoms with Crippen LogP contribution in [0.3, 0.4) is 0 Å². The maximum Gasteiger partial charge on any atom is 0.270 e. The molecule has 6 heteroatoms. The topological polar surface area (TPSA) is 60.2 Å². The predicted octanol–water partition coefficient (Wildman–Crippen LogP) is 2.67. The van der Waals surface area contributed by atoms with Gasteiger partial charge in [0.15, 0.2) is 5.78 Å². The van der Waals surface area contributed by atoms with Crippen LogP contribution in [0.2, 0.25) is 5.02 Å². The molecule has 0 aromatic heterocycles. The Morgan fingerprint density at radius 1 is 1.50 bits per heavy atom. The zero-order chi connectivity index (χ0) is 10.7. The molecule has 0 aliphatic rings.